The summed E-state index contributed by atoms with van der Waals surface area (Å²) in [6.45, 7) is 8.81. The van der Waals surface area contributed by atoms with Crippen LogP contribution in [0, 0.1) is 5.92 Å². The van der Waals surface area contributed by atoms with Crippen LogP contribution in [0.15, 0.2) is 23.8 Å². The normalized spacial score (nSPS) is 33.5. The highest BCUT2D eigenvalue weighted by Crippen LogP contribution is 2.62. The van der Waals surface area contributed by atoms with E-state index >= 15 is 0 Å². The number of piperazine rings is 1. The van der Waals surface area contributed by atoms with E-state index < -0.39 is 22.6 Å². The van der Waals surface area contributed by atoms with Crippen molar-refractivity contribution in [3.8, 4) is 5.75 Å². The number of aliphatic hydroxyl groups is 1. The van der Waals surface area contributed by atoms with Gasteiger partial charge in [-0.15, -0.1) is 0 Å². The van der Waals surface area contributed by atoms with Gasteiger partial charge in [-0.2, -0.15) is 0 Å². The molecule has 174 valence electrons. The highest BCUT2D eigenvalue weighted by atomic mass is 16.3. The smallest absolute Gasteiger partial charge is 0.252 e. The Bertz CT molecular complexity index is 1270. The number of carbonyl (C=O) groups is 2. The molecule has 1 unspecified atom stereocenters. The quantitative estimate of drug-likeness (QED) is 0.529. The van der Waals surface area contributed by atoms with Crippen molar-refractivity contribution in [1.29, 1.82) is 0 Å². The molecule has 5 heterocycles. The SMILES string of the molecule is CC(C)=CCc1c(O)ccc2c3c([nH]c12)C(C)(C)[C@H]1C[C@]24CCCN2C(=O)C1(NC4=O)[C@@H]3O. The minimum atomic E-state index is -1.37. The van der Waals surface area contributed by atoms with Gasteiger partial charge in [0.25, 0.3) is 5.91 Å². The Hall–Kier alpha value is -2.80. The average molecular weight is 450 g/mol. The number of hydrogen-bond acceptors (Lipinski definition) is 4. The molecule has 2 aromatic rings. The van der Waals surface area contributed by atoms with Crippen LogP contribution in [0.4, 0.5) is 0 Å². The second kappa shape index (κ2) is 6.20. The molecular weight excluding hydrogens is 418 g/mol. The van der Waals surface area contributed by atoms with Gasteiger partial charge >= 0.3 is 0 Å². The third-order valence-electron chi connectivity index (χ3n) is 8.95. The van der Waals surface area contributed by atoms with Crippen molar-refractivity contribution in [3.05, 3.63) is 40.6 Å². The summed E-state index contributed by atoms with van der Waals surface area (Å²) >= 11 is 0. The second-order valence-corrected chi connectivity index (χ2v) is 11.2. The number of rotatable bonds is 2. The Morgan fingerprint density at radius 1 is 1.27 bits per heavy atom. The second-order valence-electron chi connectivity index (χ2n) is 11.2. The maximum atomic E-state index is 13.9. The number of aromatic amines is 1. The zero-order valence-electron chi connectivity index (χ0n) is 19.6. The molecule has 5 aliphatic rings. The van der Waals surface area contributed by atoms with Gasteiger partial charge in [0.2, 0.25) is 5.91 Å². The Kier molecular flexibility index (Phi) is 3.90. The van der Waals surface area contributed by atoms with E-state index in [-0.39, 0.29) is 23.5 Å². The number of amides is 2. The monoisotopic (exact) mass is 449 g/mol. The first-order valence-corrected chi connectivity index (χ1v) is 11.9. The number of phenolic OH excluding ortho intramolecular Hbond substituents is 1. The predicted octanol–water partition coefficient (Wildman–Crippen LogP) is 2.96. The number of nitrogens with one attached hydrogen (secondary N) is 2. The molecular formula is C26H31N3O4. The van der Waals surface area contributed by atoms with Gasteiger partial charge in [-0.05, 0) is 51.7 Å². The topological polar surface area (TPSA) is 106 Å². The molecule has 0 radical (unpaired) electrons. The number of aliphatic hydroxyl groups excluding tert-OH is 1. The first-order valence-electron chi connectivity index (χ1n) is 11.9. The summed E-state index contributed by atoms with van der Waals surface area (Å²) in [4.78, 5) is 32.5. The first-order chi connectivity index (χ1) is 15.6. The van der Waals surface area contributed by atoms with E-state index in [1.165, 1.54) is 0 Å². The number of piperidine rings is 2. The zero-order valence-corrected chi connectivity index (χ0v) is 19.6. The molecule has 2 amide bonds. The minimum absolute atomic E-state index is 0.129. The van der Waals surface area contributed by atoms with Crippen LogP contribution in [-0.4, -0.2) is 49.5 Å². The average Bonchev–Trinajstić information content (AvgIpc) is 3.36. The number of aromatic hydroxyl groups is 1. The molecule has 2 spiro atoms. The molecule has 4 atom stereocenters. The molecule has 7 heteroatoms. The summed E-state index contributed by atoms with van der Waals surface area (Å²) in [5.74, 6) is -0.322. The molecule has 7 nitrogen and oxygen atoms in total. The van der Waals surface area contributed by atoms with Crippen molar-refractivity contribution in [3.63, 3.8) is 0 Å². The van der Waals surface area contributed by atoms with Crippen LogP contribution >= 0.6 is 0 Å². The minimum Gasteiger partial charge on any atom is -0.508 e. The summed E-state index contributed by atoms with van der Waals surface area (Å²) in [7, 11) is 0. The van der Waals surface area contributed by atoms with Crippen LogP contribution in [0.2, 0.25) is 0 Å². The highest BCUT2D eigenvalue weighted by molar-refractivity contribution is 6.06. The van der Waals surface area contributed by atoms with Crippen molar-refractivity contribution < 1.29 is 19.8 Å². The molecule has 4 N–H and O–H groups in total. The number of nitrogens with zero attached hydrogens (tertiary/aromatic N) is 1. The zero-order chi connectivity index (χ0) is 23.5. The van der Waals surface area contributed by atoms with Crippen LogP contribution < -0.4 is 5.32 Å². The number of allylic oxidation sites excluding steroid dienone is 2. The summed E-state index contributed by atoms with van der Waals surface area (Å²) in [6, 6.07) is 3.46. The van der Waals surface area contributed by atoms with Crippen molar-refractivity contribution >= 4 is 22.7 Å². The van der Waals surface area contributed by atoms with Crippen LogP contribution in [0.1, 0.15) is 69.9 Å². The van der Waals surface area contributed by atoms with Gasteiger partial charge in [0.1, 0.15) is 17.4 Å². The number of phenols is 1. The van der Waals surface area contributed by atoms with Gasteiger partial charge in [-0.3, -0.25) is 9.59 Å². The fourth-order valence-electron chi connectivity index (χ4n) is 7.27. The van der Waals surface area contributed by atoms with Crippen molar-refractivity contribution in [2.45, 2.75) is 76.0 Å². The molecule has 33 heavy (non-hydrogen) atoms. The van der Waals surface area contributed by atoms with E-state index in [4.69, 9.17) is 0 Å². The van der Waals surface area contributed by atoms with E-state index in [0.29, 0.717) is 31.4 Å². The third kappa shape index (κ3) is 2.24. The molecule has 1 aliphatic carbocycles. The maximum absolute atomic E-state index is 13.9. The lowest BCUT2D eigenvalue weighted by Gasteiger charge is -2.65. The molecule has 2 bridgehead atoms. The van der Waals surface area contributed by atoms with Crippen molar-refractivity contribution in [1.82, 2.24) is 15.2 Å². The van der Waals surface area contributed by atoms with E-state index in [2.05, 4.69) is 30.2 Å². The first kappa shape index (κ1) is 20.8. The number of fused-ring (bicyclic) bond motifs is 4. The summed E-state index contributed by atoms with van der Waals surface area (Å²) in [5, 5.41) is 26.4. The summed E-state index contributed by atoms with van der Waals surface area (Å²) in [6.07, 6.45) is 3.48. The molecule has 4 aliphatic heterocycles. The fraction of sp³-hybridized carbons (Fsp3) is 0.538. The molecule has 1 aromatic carbocycles. The van der Waals surface area contributed by atoms with Crippen molar-refractivity contribution in [2.75, 3.05) is 6.54 Å². The maximum Gasteiger partial charge on any atom is 0.252 e. The lowest BCUT2D eigenvalue weighted by Crippen LogP contribution is -2.85. The lowest BCUT2D eigenvalue weighted by atomic mass is 9.50. The summed E-state index contributed by atoms with van der Waals surface area (Å²) < 4.78 is 0. The molecule has 7 rings (SSSR count). The largest absolute Gasteiger partial charge is 0.508 e. The lowest BCUT2D eigenvalue weighted by molar-refractivity contribution is -0.191. The highest BCUT2D eigenvalue weighted by Gasteiger charge is 2.75. The van der Waals surface area contributed by atoms with Crippen LogP contribution in [0.25, 0.3) is 10.9 Å². The number of benzene rings is 1. The van der Waals surface area contributed by atoms with Gasteiger partial charge in [0.05, 0.1) is 5.52 Å². The molecule has 4 saturated heterocycles. The van der Waals surface area contributed by atoms with Gasteiger partial charge in [-0.1, -0.05) is 25.5 Å². The Morgan fingerprint density at radius 3 is 2.76 bits per heavy atom. The van der Waals surface area contributed by atoms with E-state index in [1.807, 2.05) is 13.8 Å². The molecule has 0 saturated carbocycles. The van der Waals surface area contributed by atoms with Crippen LogP contribution in [0.3, 0.4) is 0 Å². The standard InChI is InChI=1S/C26H31N3O4/c1-13(2)6-7-14-16(30)9-8-15-18-20(27-19(14)15)24(3,4)17-12-25-10-5-11-29(25)23(33)26(17,21(18)31)28-22(25)32/h6,8-9,17,21,27,30-31H,5,7,10-12H2,1-4H3,(H,28,32)/t17-,21-,25+,26?/m1/s1. The van der Waals surface area contributed by atoms with E-state index in [9.17, 15) is 19.8 Å². The molecule has 4 fully saturated rings. The fourth-order valence-corrected chi connectivity index (χ4v) is 7.27. The number of carbonyl (C=O) groups excluding carboxylic acids is 2. The number of hydrogen-bond donors (Lipinski definition) is 4. The van der Waals surface area contributed by atoms with Crippen LogP contribution in [0.5, 0.6) is 5.75 Å². The number of H-pyrrole nitrogens is 1. The van der Waals surface area contributed by atoms with Crippen molar-refractivity contribution in [2.24, 2.45) is 5.92 Å². The van der Waals surface area contributed by atoms with E-state index in [0.717, 1.165) is 34.2 Å². The summed E-state index contributed by atoms with van der Waals surface area (Å²) in [5.41, 5.74) is 1.59. The van der Waals surface area contributed by atoms with Gasteiger partial charge in [0, 0.05) is 40.1 Å². The van der Waals surface area contributed by atoms with E-state index in [1.54, 1.807) is 17.0 Å². The van der Waals surface area contributed by atoms with Crippen LogP contribution in [-0.2, 0) is 21.4 Å². The third-order valence-corrected chi connectivity index (χ3v) is 8.95. The van der Waals surface area contributed by atoms with Gasteiger partial charge < -0.3 is 25.4 Å². The Morgan fingerprint density at radius 2 is 2.03 bits per heavy atom. The predicted molar refractivity (Wildman–Crippen MR) is 124 cm³/mol. The van der Waals surface area contributed by atoms with Gasteiger partial charge in [0.15, 0.2) is 5.54 Å². The number of aromatic nitrogens is 1. The Labute approximate surface area is 192 Å². The van der Waals surface area contributed by atoms with Gasteiger partial charge in [-0.25, -0.2) is 0 Å². The Balaban J connectivity index is 1.62. The molecule has 1 aromatic heterocycles.